The molecule has 184 valence electrons. The summed E-state index contributed by atoms with van der Waals surface area (Å²) in [6, 6.07) is 21.7. The Hall–Kier alpha value is -3.38. The molecular formula is C28H30ClFN2O3. The maximum absolute atomic E-state index is 14.1. The molecule has 0 heterocycles. The molecule has 35 heavy (non-hydrogen) atoms. The molecule has 0 fully saturated rings. The van der Waals surface area contributed by atoms with E-state index in [0.29, 0.717) is 17.0 Å². The molecule has 0 aliphatic carbocycles. The number of nitrogens with one attached hydrogen (secondary N) is 1. The summed E-state index contributed by atoms with van der Waals surface area (Å²) >= 11 is 6.40. The third kappa shape index (κ3) is 7.82. The molecule has 3 rings (SSSR count). The second-order valence-corrected chi connectivity index (χ2v) is 9.68. The molecule has 3 aromatic carbocycles. The fourth-order valence-corrected chi connectivity index (χ4v) is 3.80. The zero-order chi connectivity index (χ0) is 25.4. The van der Waals surface area contributed by atoms with E-state index in [-0.39, 0.29) is 18.2 Å². The van der Waals surface area contributed by atoms with Gasteiger partial charge >= 0.3 is 0 Å². The zero-order valence-corrected chi connectivity index (χ0v) is 20.9. The molecule has 0 aliphatic heterocycles. The summed E-state index contributed by atoms with van der Waals surface area (Å²) < 4.78 is 19.6. The minimum absolute atomic E-state index is 0.0303. The standard InChI is InChI=1S/C28H30ClFN2O3/c1-28(2,3)31-27(34)24(17-20-11-5-4-6-12-20)32(18-21-13-7-8-14-22(21)29)26(33)19-35-25-16-10-9-15-23(25)30/h4-16,24H,17-19H2,1-3H3,(H,31,34)/t24-/m0/s1. The summed E-state index contributed by atoms with van der Waals surface area (Å²) in [5.41, 5.74) is 1.08. The van der Waals surface area contributed by atoms with E-state index < -0.39 is 29.9 Å². The third-order valence-electron chi connectivity index (χ3n) is 5.26. The van der Waals surface area contributed by atoms with Crippen LogP contribution in [0.4, 0.5) is 4.39 Å². The molecule has 0 unspecified atom stereocenters. The minimum atomic E-state index is -0.843. The number of carbonyl (C=O) groups is 2. The van der Waals surface area contributed by atoms with Gasteiger partial charge in [-0.15, -0.1) is 0 Å². The van der Waals surface area contributed by atoms with Gasteiger partial charge in [-0.2, -0.15) is 0 Å². The molecule has 1 N–H and O–H groups in total. The molecule has 1 atom stereocenters. The van der Waals surface area contributed by atoms with Crippen LogP contribution in [-0.4, -0.2) is 34.9 Å². The van der Waals surface area contributed by atoms with E-state index in [1.165, 1.54) is 17.0 Å². The van der Waals surface area contributed by atoms with E-state index in [2.05, 4.69) is 5.32 Å². The van der Waals surface area contributed by atoms with Crippen molar-refractivity contribution in [1.82, 2.24) is 10.2 Å². The average molecular weight is 497 g/mol. The zero-order valence-electron chi connectivity index (χ0n) is 20.1. The van der Waals surface area contributed by atoms with Gasteiger partial charge in [0.1, 0.15) is 6.04 Å². The summed E-state index contributed by atoms with van der Waals surface area (Å²) in [5.74, 6) is -1.35. The lowest BCUT2D eigenvalue weighted by Crippen LogP contribution is -2.55. The number of amides is 2. The largest absolute Gasteiger partial charge is 0.481 e. The SMILES string of the molecule is CC(C)(C)NC(=O)[C@H](Cc1ccccc1)N(Cc1ccccc1Cl)C(=O)COc1ccccc1F. The van der Waals surface area contributed by atoms with E-state index >= 15 is 0 Å². The Balaban J connectivity index is 1.95. The van der Waals surface area contributed by atoms with Gasteiger partial charge in [-0.05, 0) is 50.1 Å². The molecule has 5 nitrogen and oxygen atoms in total. The van der Waals surface area contributed by atoms with Crippen LogP contribution in [0.15, 0.2) is 78.9 Å². The number of nitrogens with zero attached hydrogens (tertiary/aromatic N) is 1. The molecule has 0 bridgehead atoms. The van der Waals surface area contributed by atoms with Crippen LogP contribution < -0.4 is 10.1 Å². The first-order valence-corrected chi connectivity index (χ1v) is 11.8. The van der Waals surface area contributed by atoms with Gasteiger partial charge in [-0.3, -0.25) is 9.59 Å². The predicted octanol–water partition coefficient (Wildman–Crippen LogP) is 5.41. The fourth-order valence-electron chi connectivity index (χ4n) is 3.60. The van der Waals surface area contributed by atoms with Crippen LogP contribution in [0.3, 0.4) is 0 Å². The van der Waals surface area contributed by atoms with Gasteiger partial charge in [0.05, 0.1) is 0 Å². The van der Waals surface area contributed by atoms with E-state index in [1.54, 1.807) is 24.3 Å². The van der Waals surface area contributed by atoms with Crippen molar-refractivity contribution < 1.29 is 18.7 Å². The maximum Gasteiger partial charge on any atom is 0.261 e. The van der Waals surface area contributed by atoms with Gasteiger partial charge in [0, 0.05) is 23.5 Å². The lowest BCUT2D eigenvalue weighted by atomic mass is 10.0. The highest BCUT2D eigenvalue weighted by atomic mass is 35.5. The number of ether oxygens (including phenoxy) is 1. The van der Waals surface area contributed by atoms with Gasteiger partial charge < -0.3 is 15.0 Å². The molecule has 7 heteroatoms. The van der Waals surface area contributed by atoms with Crippen molar-refractivity contribution in [2.24, 2.45) is 0 Å². The normalized spacial score (nSPS) is 12.0. The van der Waals surface area contributed by atoms with Crippen molar-refractivity contribution in [3.63, 3.8) is 0 Å². The highest BCUT2D eigenvalue weighted by Crippen LogP contribution is 2.22. The molecule has 3 aromatic rings. The van der Waals surface area contributed by atoms with Crippen LogP contribution in [0.1, 0.15) is 31.9 Å². The number of benzene rings is 3. The molecule has 0 aliphatic rings. The quantitative estimate of drug-likeness (QED) is 0.430. The Morgan fingerprint density at radius 3 is 2.26 bits per heavy atom. The Kier molecular flexibility index (Phi) is 8.88. The van der Waals surface area contributed by atoms with Gasteiger partial charge in [-0.1, -0.05) is 72.3 Å². The van der Waals surface area contributed by atoms with E-state index in [9.17, 15) is 14.0 Å². The number of hydrogen-bond donors (Lipinski definition) is 1. The van der Waals surface area contributed by atoms with Crippen molar-refractivity contribution in [3.8, 4) is 5.75 Å². The maximum atomic E-state index is 14.1. The highest BCUT2D eigenvalue weighted by molar-refractivity contribution is 6.31. The van der Waals surface area contributed by atoms with Crippen LogP contribution in [0.25, 0.3) is 0 Å². The van der Waals surface area contributed by atoms with Gasteiger partial charge in [0.25, 0.3) is 5.91 Å². The Bertz CT molecular complexity index is 1150. The molecule has 2 amide bonds. The van der Waals surface area contributed by atoms with Crippen LogP contribution in [0.5, 0.6) is 5.75 Å². The summed E-state index contributed by atoms with van der Waals surface area (Å²) in [6.07, 6.45) is 0.290. The van der Waals surface area contributed by atoms with Gasteiger partial charge in [-0.25, -0.2) is 4.39 Å². The smallest absolute Gasteiger partial charge is 0.261 e. The van der Waals surface area contributed by atoms with Crippen LogP contribution in [-0.2, 0) is 22.6 Å². The summed E-state index contributed by atoms with van der Waals surface area (Å²) in [5, 5.41) is 3.47. The molecule has 0 aromatic heterocycles. The molecular weight excluding hydrogens is 467 g/mol. The van der Waals surface area contributed by atoms with Crippen molar-refractivity contribution in [1.29, 1.82) is 0 Å². The van der Waals surface area contributed by atoms with Gasteiger partial charge in [0.15, 0.2) is 18.2 Å². The van der Waals surface area contributed by atoms with Crippen molar-refractivity contribution in [2.75, 3.05) is 6.61 Å². The second kappa shape index (κ2) is 11.8. The summed E-state index contributed by atoms with van der Waals surface area (Å²) in [6.45, 7) is 5.30. The topological polar surface area (TPSA) is 58.6 Å². The number of para-hydroxylation sites is 1. The summed E-state index contributed by atoms with van der Waals surface area (Å²) in [4.78, 5) is 28.4. The predicted molar refractivity (Wildman–Crippen MR) is 136 cm³/mol. The number of halogens is 2. The fraction of sp³-hybridized carbons (Fsp3) is 0.286. The molecule has 0 saturated heterocycles. The number of hydrogen-bond acceptors (Lipinski definition) is 3. The molecule has 0 radical (unpaired) electrons. The average Bonchev–Trinajstić information content (AvgIpc) is 2.81. The Morgan fingerprint density at radius 2 is 1.60 bits per heavy atom. The Morgan fingerprint density at radius 1 is 0.971 bits per heavy atom. The summed E-state index contributed by atoms with van der Waals surface area (Å²) in [7, 11) is 0. The van der Waals surface area contributed by atoms with Crippen molar-refractivity contribution in [3.05, 3.63) is 101 Å². The lowest BCUT2D eigenvalue weighted by molar-refractivity contribution is -0.143. The highest BCUT2D eigenvalue weighted by Gasteiger charge is 2.32. The van der Waals surface area contributed by atoms with Gasteiger partial charge in [0.2, 0.25) is 5.91 Å². The second-order valence-electron chi connectivity index (χ2n) is 9.28. The van der Waals surface area contributed by atoms with Crippen LogP contribution in [0, 0.1) is 5.82 Å². The first-order chi connectivity index (χ1) is 16.6. The molecule has 0 saturated carbocycles. The van der Waals surface area contributed by atoms with Crippen LogP contribution in [0.2, 0.25) is 5.02 Å². The van der Waals surface area contributed by atoms with E-state index in [1.807, 2.05) is 63.2 Å². The molecule has 0 spiro atoms. The van der Waals surface area contributed by atoms with Crippen LogP contribution >= 0.6 is 11.6 Å². The monoisotopic (exact) mass is 496 g/mol. The third-order valence-corrected chi connectivity index (χ3v) is 5.62. The van der Waals surface area contributed by atoms with Crippen molar-refractivity contribution >= 4 is 23.4 Å². The minimum Gasteiger partial charge on any atom is -0.481 e. The number of carbonyl (C=O) groups excluding carboxylic acids is 2. The van der Waals surface area contributed by atoms with E-state index in [4.69, 9.17) is 16.3 Å². The van der Waals surface area contributed by atoms with Crippen molar-refractivity contribution in [2.45, 2.75) is 45.3 Å². The number of rotatable bonds is 9. The Labute approximate surface area is 210 Å². The first-order valence-electron chi connectivity index (χ1n) is 11.4. The first kappa shape index (κ1) is 26.2. The lowest BCUT2D eigenvalue weighted by Gasteiger charge is -2.34. The van der Waals surface area contributed by atoms with E-state index in [0.717, 1.165) is 5.56 Å².